The van der Waals surface area contributed by atoms with Crippen molar-refractivity contribution in [2.24, 2.45) is 0 Å². The van der Waals surface area contributed by atoms with Crippen molar-refractivity contribution in [3.8, 4) is 6.07 Å². The minimum absolute atomic E-state index is 0.00848. The average molecular weight is 283 g/mol. The number of nitriles is 1. The van der Waals surface area contributed by atoms with Gasteiger partial charge in [-0.1, -0.05) is 30.3 Å². The van der Waals surface area contributed by atoms with Crippen molar-refractivity contribution in [3.63, 3.8) is 0 Å². The molecule has 0 spiro atoms. The first-order valence-electron chi connectivity index (χ1n) is 6.27. The van der Waals surface area contributed by atoms with Crippen LogP contribution in [-0.4, -0.2) is 16.6 Å². The standard InChI is InChI=1S/C15H13N3O3/c16-9-12-6-7-13(8-14(12)18(20)21)17-10-15(19)11-4-2-1-3-5-11/h1-8,15,17,19H,10H2. The monoisotopic (exact) mass is 283 g/mol. The Morgan fingerprint density at radius 2 is 2.00 bits per heavy atom. The third kappa shape index (κ3) is 3.55. The summed E-state index contributed by atoms with van der Waals surface area (Å²) in [4.78, 5) is 10.3. The Balaban J connectivity index is 2.09. The maximum absolute atomic E-state index is 10.9. The van der Waals surface area contributed by atoms with E-state index < -0.39 is 11.0 Å². The number of nitro benzene ring substituents is 1. The molecule has 1 unspecified atom stereocenters. The number of nitrogens with one attached hydrogen (secondary N) is 1. The molecule has 2 aromatic rings. The largest absolute Gasteiger partial charge is 0.387 e. The topological polar surface area (TPSA) is 99.2 Å². The van der Waals surface area contributed by atoms with Gasteiger partial charge in [-0.15, -0.1) is 0 Å². The van der Waals surface area contributed by atoms with Gasteiger partial charge in [0.2, 0.25) is 0 Å². The third-order valence-corrected chi connectivity index (χ3v) is 3.00. The molecule has 6 heteroatoms. The lowest BCUT2D eigenvalue weighted by molar-refractivity contribution is -0.385. The molecular weight excluding hydrogens is 270 g/mol. The summed E-state index contributed by atoms with van der Waals surface area (Å²) in [7, 11) is 0. The molecule has 0 amide bonds. The highest BCUT2D eigenvalue weighted by Crippen LogP contribution is 2.23. The maximum atomic E-state index is 10.9. The molecule has 2 rings (SSSR count). The fourth-order valence-electron chi connectivity index (χ4n) is 1.89. The molecule has 0 aliphatic rings. The van der Waals surface area contributed by atoms with Gasteiger partial charge in [-0.05, 0) is 17.7 Å². The summed E-state index contributed by atoms with van der Waals surface area (Å²) < 4.78 is 0. The van der Waals surface area contributed by atoms with Crippen LogP contribution in [0.25, 0.3) is 0 Å². The first kappa shape index (κ1) is 14.5. The predicted octanol–water partition coefficient (Wildman–Crippen LogP) is 2.61. The first-order chi connectivity index (χ1) is 10.1. The number of anilines is 1. The number of benzene rings is 2. The van der Waals surface area contributed by atoms with Gasteiger partial charge in [0.05, 0.1) is 11.0 Å². The number of nitrogens with zero attached hydrogens (tertiary/aromatic N) is 2. The SMILES string of the molecule is N#Cc1ccc(NCC(O)c2ccccc2)cc1[N+](=O)[O-]. The molecule has 0 aliphatic carbocycles. The first-order valence-corrected chi connectivity index (χ1v) is 6.27. The summed E-state index contributed by atoms with van der Waals surface area (Å²) in [6, 6.07) is 15.1. The Morgan fingerprint density at radius 1 is 1.29 bits per heavy atom. The van der Waals surface area contributed by atoms with Crippen LogP contribution < -0.4 is 5.32 Å². The van der Waals surface area contributed by atoms with Gasteiger partial charge in [-0.3, -0.25) is 10.1 Å². The molecule has 0 saturated heterocycles. The number of rotatable bonds is 5. The van der Waals surface area contributed by atoms with Crippen LogP contribution in [-0.2, 0) is 0 Å². The molecule has 106 valence electrons. The molecule has 0 bridgehead atoms. The second-order valence-electron chi connectivity index (χ2n) is 4.41. The average Bonchev–Trinajstić information content (AvgIpc) is 2.53. The van der Waals surface area contributed by atoms with Crippen LogP contribution >= 0.6 is 0 Å². The van der Waals surface area contributed by atoms with E-state index >= 15 is 0 Å². The maximum Gasteiger partial charge on any atom is 0.289 e. The Labute approximate surface area is 121 Å². The fourth-order valence-corrected chi connectivity index (χ4v) is 1.89. The number of hydrogen-bond donors (Lipinski definition) is 2. The van der Waals surface area contributed by atoms with Crippen molar-refractivity contribution in [2.45, 2.75) is 6.10 Å². The normalized spacial score (nSPS) is 11.4. The lowest BCUT2D eigenvalue weighted by Crippen LogP contribution is -2.12. The van der Waals surface area contributed by atoms with Gasteiger partial charge in [0.25, 0.3) is 5.69 Å². The highest BCUT2D eigenvalue weighted by atomic mass is 16.6. The van der Waals surface area contributed by atoms with E-state index in [0.29, 0.717) is 5.69 Å². The lowest BCUT2D eigenvalue weighted by atomic mass is 10.1. The molecule has 0 saturated carbocycles. The van der Waals surface area contributed by atoms with Crippen LogP contribution in [0.1, 0.15) is 17.2 Å². The van der Waals surface area contributed by atoms with E-state index in [1.165, 1.54) is 12.1 Å². The van der Waals surface area contributed by atoms with Gasteiger partial charge in [-0.25, -0.2) is 0 Å². The predicted molar refractivity (Wildman–Crippen MR) is 77.7 cm³/mol. The molecule has 0 aliphatic heterocycles. The smallest absolute Gasteiger partial charge is 0.289 e. The molecule has 0 radical (unpaired) electrons. The minimum atomic E-state index is -0.721. The van der Waals surface area contributed by atoms with Gasteiger partial charge >= 0.3 is 0 Å². The van der Waals surface area contributed by atoms with Gasteiger partial charge in [0, 0.05) is 18.3 Å². The summed E-state index contributed by atoms with van der Waals surface area (Å²) in [5.41, 5.74) is 0.995. The molecule has 0 heterocycles. The van der Waals surface area contributed by atoms with Crippen molar-refractivity contribution in [1.82, 2.24) is 0 Å². The van der Waals surface area contributed by atoms with E-state index in [2.05, 4.69) is 5.32 Å². The van der Waals surface area contributed by atoms with E-state index in [1.807, 2.05) is 18.2 Å². The van der Waals surface area contributed by atoms with E-state index in [0.717, 1.165) is 5.56 Å². The second kappa shape index (κ2) is 6.50. The van der Waals surface area contributed by atoms with E-state index in [9.17, 15) is 15.2 Å². The van der Waals surface area contributed by atoms with Crippen molar-refractivity contribution in [2.75, 3.05) is 11.9 Å². The third-order valence-electron chi connectivity index (χ3n) is 3.00. The van der Waals surface area contributed by atoms with Crippen LogP contribution in [0.15, 0.2) is 48.5 Å². The number of aliphatic hydroxyl groups is 1. The summed E-state index contributed by atoms with van der Waals surface area (Å²) in [5.74, 6) is 0. The molecule has 0 fully saturated rings. The quantitative estimate of drug-likeness (QED) is 0.649. The van der Waals surface area contributed by atoms with Crippen LogP contribution in [0.2, 0.25) is 0 Å². The van der Waals surface area contributed by atoms with Crippen LogP contribution in [0.4, 0.5) is 11.4 Å². The Kier molecular flexibility index (Phi) is 4.49. The van der Waals surface area contributed by atoms with Crippen molar-refractivity contribution >= 4 is 11.4 Å². The van der Waals surface area contributed by atoms with Crippen molar-refractivity contribution in [3.05, 3.63) is 69.8 Å². The van der Waals surface area contributed by atoms with Crippen molar-refractivity contribution < 1.29 is 10.0 Å². The zero-order valence-corrected chi connectivity index (χ0v) is 11.1. The molecular formula is C15H13N3O3. The van der Waals surface area contributed by atoms with E-state index in [4.69, 9.17) is 5.26 Å². The molecule has 2 N–H and O–H groups in total. The number of nitro groups is 1. The summed E-state index contributed by atoms with van der Waals surface area (Å²) in [6.07, 6.45) is -0.721. The van der Waals surface area contributed by atoms with Gasteiger partial charge in [0.15, 0.2) is 0 Å². The van der Waals surface area contributed by atoms with Gasteiger partial charge in [-0.2, -0.15) is 5.26 Å². The fraction of sp³-hybridized carbons (Fsp3) is 0.133. The molecule has 6 nitrogen and oxygen atoms in total. The van der Waals surface area contributed by atoms with Crippen LogP contribution in [0.5, 0.6) is 0 Å². The zero-order valence-electron chi connectivity index (χ0n) is 11.1. The summed E-state index contributed by atoms with van der Waals surface area (Å²) in [6.45, 7) is 0.215. The summed E-state index contributed by atoms with van der Waals surface area (Å²) >= 11 is 0. The molecule has 1 atom stereocenters. The lowest BCUT2D eigenvalue weighted by Gasteiger charge is -2.13. The molecule has 21 heavy (non-hydrogen) atoms. The Morgan fingerprint density at radius 3 is 2.62 bits per heavy atom. The van der Waals surface area contributed by atoms with Crippen molar-refractivity contribution in [1.29, 1.82) is 5.26 Å². The number of hydrogen-bond acceptors (Lipinski definition) is 5. The van der Waals surface area contributed by atoms with Crippen LogP contribution in [0, 0.1) is 21.4 Å². The molecule has 0 aromatic heterocycles. The molecule has 2 aromatic carbocycles. The zero-order chi connectivity index (χ0) is 15.2. The Hall–Kier alpha value is -2.91. The van der Waals surface area contributed by atoms with Gasteiger partial charge in [0.1, 0.15) is 11.6 Å². The second-order valence-corrected chi connectivity index (χ2v) is 4.41. The van der Waals surface area contributed by atoms with Gasteiger partial charge < -0.3 is 10.4 Å². The van der Waals surface area contributed by atoms with Crippen LogP contribution in [0.3, 0.4) is 0 Å². The van der Waals surface area contributed by atoms with E-state index in [1.54, 1.807) is 24.3 Å². The highest BCUT2D eigenvalue weighted by Gasteiger charge is 2.14. The minimum Gasteiger partial charge on any atom is -0.387 e. The number of aliphatic hydroxyl groups excluding tert-OH is 1. The summed E-state index contributed by atoms with van der Waals surface area (Å²) in [5, 5.41) is 32.6. The Bertz CT molecular complexity index is 680. The van der Waals surface area contributed by atoms with E-state index in [-0.39, 0.29) is 17.8 Å². The highest BCUT2D eigenvalue weighted by molar-refractivity contribution is 5.59.